The monoisotopic (exact) mass is 362 g/mol. The number of benzene rings is 1. The average Bonchev–Trinajstić information content (AvgIpc) is 2.92. The van der Waals surface area contributed by atoms with Crippen LogP contribution in [-0.4, -0.2) is 35.7 Å². The summed E-state index contributed by atoms with van der Waals surface area (Å²) < 4.78 is 0. The van der Waals surface area contributed by atoms with Gasteiger partial charge in [0.15, 0.2) is 5.00 Å². The molecule has 2 heterocycles. The van der Waals surface area contributed by atoms with Crippen LogP contribution in [0.15, 0.2) is 39.6 Å². The lowest BCUT2D eigenvalue weighted by molar-refractivity contribution is 0.336. The fraction of sp³-hybridized carbons (Fsp3) is 0.375. The van der Waals surface area contributed by atoms with Crippen molar-refractivity contribution in [3.05, 3.63) is 35.0 Å². The van der Waals surface area contributed by atoms with Crippen molar-refractivity contribution in [3.8, 4) is 0 Å². The first-order valence-electron chi connectivity index (χ1n) is 7.75. The van der Waals surface area contributed by atoms with E-state index in [0.717, 1.165) is 47.4 Å². The van der Waals surface area contributed by atoms with Crippen molar-refractivity contribution in [3.63, 3.8) is 0 Å². The Labute approximate surface area is 150 Å². The molecule has 8 heteroatoms. The molecule has 1 fully saturated rings. The lowest BCUT2D eigenvalue weighted by atomic mass is 10.1. The van der Waals surface area contributed by atoms with Crippen LogP contribution >= 0.6 is 22.9 Å². The number of nitrogens with one attached hydrogen (secondary N) is 1. The number of anilines is 1. The Hall–Kier alpha value is -1.83. The molecule has 0 unspecified atom stereocenters. The maximum absolute atomic E-state index is 5.95. The van der Waals surface area contributed by atoms with Crippen LogP contribution in [0, 0.1) is 6.92 Å². The molecular weight excluding hydrogens is 344 g/mol. The number of nitrogens with zero attached hydrogens (tertiary/aromatic N) is 5. The smallest absolute Gasteiger partial charge is 0.205 e. The highest BCUT2D eigenvalue weighted by Gasteiger charge is 2.12. The van der Waals surface area contributed by atoms with Crippen LogP contribution in [0.4, 0.5) is 15.8 Å². The lowest BCUT2D eigenvalue weighted by Crippen LogP contribution is -2.30. The van der Waals surface area contributed by atoms with Crippen molar-refractivity contribution >= 4 is 44.5 Å². The molecule has 2 aromatic rings. The second kappa shape index (κ2) is 7.83. The van der Waals surface area contributed by atoms with Crippen molar-refractivity contribution in [1.29, 1.82) is 0 Å². The van der Waals surface area contributed by atoms with Crippen LogP contribution in [0.5, 0.6) is 0 Å². The number of hydrazone groups is 1. The van der Waals surface area contributed by atoms with E-state index in [0.29, 0.717) is 5.02 Å². The summed E-state index contributed by atoms with van der Waals surface area (Å²) in [5.74, 6) is 0. The first kappa shape index (κ1) is 17.0. The van der Waals surface area contributed by atoms with Gasteiger partial charge in [-0.2, -0.15) is 5.10 Å². The van der Waals surface area contributed by atoms with E-state index >= 15 is 0 Å². The molecule has 6 nitrogen and oxygen atoms in total. The molecule has 0 amide bonds. The van der Waals surface area contributed by atoms with Crippen LogP contribution in [0.1, 0.15) is 18.5 Å². The predicted molar refractivity (Wildman–Crippen MR) is 100 cm³/mol. The lowest BCUT2D eigenvalue weighted by Gasteiger charge is -2.22. The maximum Gasteiger partial charge on any atom is 0.205 e. The molecule has 0 saturated carbocycles. The van der Waals surface area contributed by atoms with E-state index in [1.807, 2.05) is 25.1 Å². The fourth-order valence-electron chi connectivity index (χ4n) is 2.29. The molecule has 1 saturated heterocycles. The van der Waals surface area contributed by atoms with Gasteiger partial charge in [0.1, 0.15) is 0 Å². The van der Waals surface area contributed by atoms with E-state index < -0.39 is 0 Å². The molecule has 0 bridgehead atoms. The summed E-state index contributed by atoms with van der Waals surface area (Å²) in [6, 6.07) is 7.28. The minimum Gasteiger partial charge on any atom is -0.306 e. The summed E-state index contributed by atoms with van der Waals surface area (Å²) in [4.78, 5) is 6.76. The van der Waals surface area contributed by atoms with Gasteiger partial charge in [0.05, 0.1) is 11.4 Å². The van der Waals surface area contributed by atoms with Crippen molar-refractivity contribution in [2.75, 3.05) is 25.6 Å². The summed E-state index contributed by atoms with van der Waals surface area (Å²) in [5, 5.41) is 15.1. The number of piperidine rings is 1. The molecule has 1 N–H and O–H groups in total. The summed E-state index contributed by atoms with van der Waals surface area (Å²) in [6.07, 6.45) is 1.99. The summed E-state index contributed by atoms with van der Waals surface area (Å²) in [7, 11) is 2.13. The minimum atomic E-state index is 0.642. The van der Waals surface area contributed by atoms with Gasteiger partial charge in [-0.15, -0.1) is 10.2 Å². The molecule has 1 aromatic heterocycles. The summed E-state index contributed by atoms with van der Waals surface area (Å²) in [5.41, 5.74) is 5.78. The first-order chi connectivity index (χ1) is 11.6. The van der Waals surface area contributed by atoms with Crippen LogP contribution in [-0.2, 0) is 0 Å². The first-order valence-corrected chi connectivity index (χ1v) is 8.94. The zero-order valence-electron chi connectivity index (χ0n) is 13.7. The van der Waals surface area contributed by atoms with Crippen LogP contribution in [0.2, 0.25) is 5.02 Å². The Morgan fingerprint density at radius 2 is 2.04 bits per heavy atom. The number of hydrogen-bond donors (Lipinski definition) is 1. The van der Waals surface area contributed by atoms with E-state index in [1.54, 1.807) is 6.07 Å². The van der Waals surface area contributed by atoms with Crippen molar-refractivity contribution < 1.29 is 0 Å². The summed E-state index contributed by atoms with van der Waals surface area (Å²) in [6.45, 7) is 4.02. The molecule has 1 aromatic carbocycles. The fourth-order valence-corrected chi connectivity index (χ4v) is 3.20. The molecule has 126 valence electrons. The van der Waals surface area contributed by atoms with Crippen molar-refractivity contribution in [2.24, 2.45) is 15.3 Å². The van der Waals surface area contributed by atoms with E-state index in [4.69, 9.17) is 11.6 Å². The zero-order chi connectivity index (χ0) is 16.9. The second-order valence-corrected chi connectivity index (χ2v) is 7.10. The number of aromatic nitrogens is 1. The Balaban J connectivity index is 1.65. The predicted octanol–water partition coefficient (Wildman–Crippen LogP) is 5.01. The normalized spacial score (nSPS) is 15.9. The van der Waals surface area contributed by atoms with Gasteiger partial charge in [-0.25, -0.2) is 4.98 Å². The molecule has 24 heavy (non-hydrogen) atoms. The molecule has 0 radical (unpaired) electrons. The zero-order valence-corrected chi connectivity index (χ0v) is 15.2. The number of likely N-dealkylation sites (tertiary alicyclic amines) is 1. The standard InChI is InChI=1S/C16H19ClN6S/c1-11-15(21-20-14-5-3-4-12(17)10-14)24-16(18-11)22-19-13-6-8-23(2)9-7-13/h3-5,10H,6-9H2,1-2H3,(H,18,22). The molecule has 0 spiro atoms. The van der Waals surface area contributed by atoms with Gasteiger partial charge in [-0.3, -0.25) is 5.43 Å². The van der Waals surface area contributed by atoms with E-state index in [-0.39, 0.29) is 0 Å². The Bertz CT molecular complexity index is 760. The van der Waals surface area contributed by atoms with E-state index in [2.05, 4.69) is 37.7 Å². The van der Waals surface area contributed by atoms with Gasteiger partial charge < -0.3 is 4.90 Å². The van der Waals surface area contributed by atoms with Gasteiger partial charge in [-0.1, -0.05) is 29.0 Å². The van der Waals surface area contributed by atoms with E-state index in [1.165, 1.54) is 17.0 Å². The third-order valence-corrected chi connectivity index (χ3v) is 4.89. The molecule has 3 rings (SSSR count). The topological polar surface area (TPSA) is 65.2 Å². The molecule has 1 aliphatic rings. The highest BCUT2D eigenvalue weighted by Crippen LogP contribution is 2.32. The van der Waals surface area contributed by atoms with Crippen molar-refractivity contribution in [2.45, 2.75) is 19.8 Å². The Morgan fingerprint density at radius 3 is 2.79 bits per heavy atom. The third kappa shape index (κ3) is 4.59. The van der Waals surface area contributed by atoms with Crippen LogP contribution in [0.3, 0.4) is 0 Å². The minimum absolute atomic E-state index is 0.642. The van der Waals surface area contributed by atoms with Gasteiger partial charge in [0.25, 0.3) is 0 Å². The third-order valence-electron chi connectivity index (χ3n) is 3.71. The number of thiazole rings is 1. The molecular formula is C16H19ClN6S. The van der Waals surface area contributed by atoms with E-state index in [9.17, 15) is 0 Å². The van der Waals surface area contributed by atoms with Gasteiger partial charge in [0, 0.05) is 36.7 Å². The molecule has 1 aliphatic heterocycles. The second-order valence-electron chi connectivity index (χ2n) is 5.68. The number of aryl methyl sites for hydroxylation is 1. The largest absolute Gasteiger partial charge is 0.306 e. The average molecular weight is 363 g/mol. The SMILES string of the molecule is Cc1nc(NN=C2CCN(C)CC2)sc1N=Nc1cccc(Cl)c1. The van der Waals surface area contributed by atoms with Gasteiger partial charge in [-0.05, 0) is 32.2 Å². The maximum atomic E-state index is 5.95. The number of rotatable bonds is 4. The number of azo groups is 1. The molecule has 0 aliphatic carbocycles. The number of hydrogen-bond acceptors (Lipinski definition) is 7. The highest BCUT2D eigenvalue weighted by atomic mass is 35.5. The van der Waals surface area contributed by atoms with Crippen LogP contribution < -0.4 is 5.43 Å². The molecule has 0 atom stereocenters. The van der Waals surface area contributed by atoms with Gasteiger partial charge in [0.2, 0.25) is 5.13 Å². The quantitative estimate of drug-likeness (QED) is 0.613. The van der Waals surface area contributed by atoms with Crippen LogP contribution in [0.25, 0.3) is 0 Å². The van der Waals surface area contributed by atoms with Gasteiger partial charge >= 0.3 is 0 Å². The Morgan fingerprint density at radius 1 is 1.25 bits per heavy atom. The Kier molecular flexibility index (Phi) is 5.55. The summed E-state index contributed by atoms with van der Waals surface area (Å²) >= 11 is 7.39. The number of halogens is 1. The highest BCUT2D eigenvalue weighted by molar-refractivity contribution is 7.19. The van der Waals surface area contributed by atoms with Crippen molar-refractivity contribution in [1.82, 2.24) is 9.88 Å².